The Kier molecular flexibility index (Phi) is 6.32. The van der Waals surface area contributed by atoms with Crippen LogP contribution in [0.1, 0.15) is 17.5 Å². The van der Waals surface area contributed by atoms with Gasteiger partial charge in [0.05, 0.1) is 32.1 Å². The lowest BCUT2D eigenvalue weighted by molar-refractivity contribution is -0.856. The van der Waals surface area contributed by atoms with Gasteiger partial charge in [-0.05, 0) is 37.0 Å². The molecule has 0 spiro atoms. The summed E-state index contributed by atoms with van der Waals surface area (Å²) in [7, 11) is 0.315. The molecule has 1 rings (SSSR count). The number of hydrogen-bond donors (Lipinski definition) is 2. The minimum absolute atomic E-state index is 0.125. The SMILES string of the molecule is Cc1ccc(CCC(=O)[O-])cc1S(=O)(=O)NCC[NH+](C)C. The summed E-state index contributed by atoms with van der Waals surface area (Å²) in [5.41, 5.74) is 1.31. The van der Waals surface area contributed by atoms with Crippen molar-refractivity contribution in [2.45, 2.75) is 24.7 Å². The van der Waals surface area contributed by atoms with Gasteiger partial charge in [-0.1, -0.05) is 12.1 Å². The molecule has 0 atom stereocenters. The predicted octanol–water partition coefficient (Wildman–Crippen LogP) is -1.90. The maximum Gasteiger partial charge on any atom is 0.241 e. The summed E-state index contributed by atoms with van der Waals surface area (Å²) in [6.45, 7) is 2.75. The molecule has 0 aliphatic heterocycles. The van der Waals surface area contributed by atoms with Crippen LogP contribution in [0.4, 0.5) is 0 Å². The molecule has 0 bridgehead atoms. The normalized spacial score (nSPS) is 11.8. The molecule has 7 heteroatoms. The Morgan fingerprint density at radius 3 is 2.57 bits per heavy atom. The van der Waals surface area contributed by atoms with Crippen molar-refractivity contribution < 1.29 is 23.2 Å². The van der Waals surface area contributed by atoms with Crippen LogP contribution in [0, 0.1) is 6.92 Å². The second-order valence-corrected chi connectivity index (χ2v) is 7.06. The Bertz CT molecular complexity index is 597. The van der Waals surface area contributed by atoms with E-state index >= 15 is 0 Å². The number of rotatable bonds is 8. The van der Waals surface area contributed by atoms with E-state index in [1.54, 1.807) is 19.1 Å². The highest BCUT2D eigenvalue weighted by molar-refractivity contribution is 7.89. The van der Waals surface area contributed by atoms with Gasteiger partial charge >= 0.3 is 0 Å². The fourth-order valence-electron chi connectivity index (χ4n) is 1.85. The number of carbonyl (C=O) groups is 1. The predicted molar refractivity (Wildman–Crippen MR) is 77.4 cm³/mol. The van der Waals surface area contributed by atoms with Gasteiger partial charge in [0.25, 0.3) is 0 Å². The highest BCUT2D eigenvalue weighted by atomic mass is 32.2. The monoisotopic (exact) mass is 314 g/mol. The molecule has 0 aromatic heterocycles. The molecule has 0 aliphatic rings. The number of aliphatic carboxylic acids is 1. The summed E-state index contributed by atoms with van der Waals surface area (Å²) in [5, 5.41) is 10.5. The van der Waals surface area contributed by atoms with Crippen molar-refractivity contribution in [3.05, 3.63) is 29.3 Å². The van der Waals surface area contributed by atoms with E-state index in [-0.39, 0.29) is 17.7 Å². The van der Waals surface area contributed by atoms with E-state index in [4.69, 9.17) is 0 Å². The van der Waals surface area contributed by atoms with Gasteiger partial charge in [0.15, 0.2) is 0 Å². The molecule has 0 fully saturated rings. The average Bonchev–Trinajstić information content (AvgIpc) is 2.36. The van der Waals surface area contributed by atoms with E-state index in [1.807, 2.05) is 14.1 Å². The van der Waals surface area contributed by atoms with Gasteiger partial charge in [0.2, 0.25) is 10.0 Å². The number of quaternary nitrogens is 1. The Hall–Kier alpha value is -1.44. The Morgan fingerprint density at radius 2 is 2.00 bits per heavy atom. The van der Waals surface area contributed by atoms with Crippen LogP contribution in [0.5, 0.6) is 0 Å². The van der Waals surface area contributed by atoms with E-state index in [2.05, 4.69) is 4.72 Å². The molecule has 0 saturated carbocycles. The summed E-state index contributed by atoms with van der Waals surface area (Å²) >= 11 is 0. The summed E-state index contributed by atoms with van der Waals surface area (Å²) in [4.78, 5) is 11.8. The first-order chi connectivity index (χ1) is 9.72. The molecule has 0 heterocycles. The number of carboxylic acid groups (broad SMARTS) is 1. The van der Waals surface area contributed by atoms with Crippen molar-refractivity contribution in [2.24, 2.45) is 0 Å². The molecule has 118 valence electrons. The molecule has 1 aromatic carbocycles. The zero-order valence-corrected chi connectivity index (χ0v) is 13.4. The lowest BCUT2D eigenvalue weighted by atomic mass is 10.1. The summed E-state index contributed by atoms with van der Waals surface area (Å²) in [6.07, 6.45) is 0.132. The number of carboxylic acids is 1. The van der Waals surface area contributed by atoms with Gasteiger partial charge < -0.3 is 14.8 Å². The number of aryl methyl sites for hydroxylation is 2. The highest BCUT2D eigenvalue weighted by Gasteiger charge is 2.17. The maximum absolute atomic E-state index is 12.3. The minimum atomic E-state index is -3.57. The number of benzene rings is 1. The number of likely N-dealkylation sites (N-methyl/N-ethyl adjacent to an activating group) is 1. The quantitative estimate of drug-likeness (QED) is 0.586. The van der Waals surface area contributed by atoms with Crippen molar-refractivity contribution in [2.75, 3.05) is 27.2 Å². The molecule has 0 saturated heterocycles. The first-order valence-corrected chi connectivity index (χ1v) is 8.29. The molecular weight excluding hydrogens is 292 g/mol. The Labute approximate surface area is 125 Å². The van der Waals surface area contributed by atoms with Crippen LogP contribution in [-0.2, 0) is 21.2 Å². The third-order valence-corrected chi connectivity index (χ3v) is 4.68. The fraction of sp³-hybridized carbons (Fsp3) is 0.500. The van der Waals surface area contributed by atoms with Gasteiger partial charge in [0.1, 0.15) is 0 Å². The highest BCUT2D eigenvalue weighted by Crippen LogP contribution is 2.17. The van der Waals surface area contributed by atoms with Crippen LogP contribution >= 0.6 is 0 Å². The van der Waals surface area contributed by atoms with Gasteiger partial charge in [-0.25, -0.2) is 13.1 Å². The smallest absolute Gasteiger partial charge is 0.241 e. The van der Waals surface area contributed by atoms with Crippen LogP contribution < -0.4 is 14.7 Å². The Morgan fingerprint density at radius 1 is 1.33 bits per heavy atom. The van der Waals surface area contributed by atoms with Crippen molar-refractivity contribution in [1.29, 1.82) is 0 Å². The third kappa shape index (κ3) is 5.82. The Balaban J connectivity index is 2.89. The van der Waals surface area contributed by atoms with Crippen LogP contribution in [0.3, 0.4) is 0 Å². The molecular formula is C14H22N2O4S. The van der Waals surface area contributed by atoms with Crippen LogP contribution in [0.2, 0.25) is 0 Å². The first-order valence-electron chi connectivity index (χ1n) is 6.80. The summed E-state index contributed by atoms with van der Waals surface area (Å²) in [6, 6.07) is 4.96. The summed E-state index contributed by atoms with van der Waals surface area (Å²) < 4.78 is 27.1. The van der Waals surface area contributed by atoms with E-state index < -0.39 is 16.0 Å². The van der Waals surface area contributed by atoms with Gasteiger partial charge in [-0.2, -0.15) is 0 Å². The lowest BCUT2D eigenvalue weighted by Crippen LogP contribution is -3.06. The molecule has 21 heavy (non-hydrogen) atoms. The first kappa shape index (κ1) is 17.6. The summed E-state index contributed by atoms with van der Waals surface area (Å²) in [5.74, 6) is -1.15. The lowest BCUT2D eigenvalue weighted by Gasteiger charge is -2.12. The molecule has 0 amide bonds. The van der Waals surface area contributed by atoms with Crippen molar-refractivity contribution >= 4 is 16.0 Å². The van der Waals surface area contributed by atoms with E-state index in [0.29, 0.717) is 24.2 Å². The van der Waals surface area contributed by atoms with Gasteiger partial charge in [0, 0.05) is 5.97 Å². The molecule has 1 aromatic rings. The second kappa shape index (κ2) is 7.53. The number of carbonyl (C=O) groups excluding carboxylic acids is 1. The van der Waals surface area contributed by atoms with Crippen molar-refractivity contribution in [3.63, 3.8) is 0 Å². The van der Waals surface area contributed by atoms with Crippen LogP contribution in [0.15, 0.2) is 23.1 Å². The maximum atomic E-state index is 12.3. The second-order valence-electron chi connectivity index (χ2n) is 5.33. The number of sulfonamides is 1. The van der Waals surface area contributed by atoms with Crippen molar-refractivity contribution in [3.8, 4) is 0 Å². The van der Waals surface area contributed by atoms with E-state index in [9.17, 15) is 18.3 Å². The standard InChI is InChI=1S/C14H22N2O4S/c1-11-4-5-12(6-7-14(17)18)10-13(11)21(19,20)15-8-9-16(2)3/h4-5,10,15H,6-9H2,1-3H3,(H,17,18). The third-order valence-electron chi connectivity index (χ3n) is 3.08. The average molecular weight is 314 g/mol. The number of hydrogen-bond acceptors (Lipinski definition) is 4. The molecule has 6 nitrogen and oxygen atoms in total. The van der Waals surface area contributed by atoms with E-state index in [0.717, 1.165) is 4.90 Å². The van der Waals surface area contributed by atoms with Crippen LogP contribution in [-0.4, -0.2) is 41.6 Å². The molecule has 0 radical (unpaired) electrons. The van der Waals surface area contributed by atoms with Gasteiger partial charge in [-0.15, -0.1) is 0 Å². The topological polar surface area (TPSA) is 90.7 Å². The molecule has 2 N–H and O–H groups in total. The minimum Gasteiger partial charge on any atom is -0.550 e. The van der Waals surface area contributed by atoms with Crippen LogP contribution in [0.25, 0.3) is 0 Å². The largest absolute Gasteiger partial charge is 0.550 e. The van der Waals surface area contributed by atoms with Gasteiger partial charge in [-0.3, -0.25) is 0 Å². The number of nitrogens with one attached hydrogen (secondary N) is 2. The molecule has 0 unspecified atom stereocenters. The van der Waals surface area contributed by atoms with Crippen molar-refractivity contribution in [1.82, 2.24) is 4.72 Å². The van der Waals surface area contributed by atoms with E-state index in [1.165, 1.54) is 6.07 Å². The fourth-order valence-corrected chi connectivity index (χ4v) is 3.17. The zero-order valence-electron chi connectivity index (χ0n) is 12.6. The zero-order chi connectivity index (χ0) is 16.0. The molecule has 0 aliphatic carbocycles.